The molecule has 0 saturated carbocycles. The lowest BCUT2D eigenvalue weighted by molar-refractivity contribution is 0.217. The number of hydrogen-bond acceptors (Lipinski definition) is 5. The normalized spacial score (nSPS) is 23.6. The molecular formula is C9H16N4S. The van der Waals surface area contributed by atoms with Crippen LogP contribution in [0.3, 0.4) is 0 Å². The summed E-state index contributed by atoms with van der Waals surface area (Å²) in [6, 6.07) is 0. The van der Waals surface area contributed by atoms with E-state index in [0.29, 0.717) is 0 Å². The van der Waals surface area contributed by atoms with Gasteiger partial charge in [0.05, 0.1) is 6.20 Å². The summed E-state index contributed by atoms with van der Waals surface area (Å²) in [4.78, 5) is 2.40. The predicted octanol–water partition coefficient (Wildman–Crippen LogP) is 1.29. The Hall–Kier alpha value is -0.680. The lowest BCUT2D eigenvalue weighted by Gasteiger charge is -2.29. The highest BCUT2D eigenvalue weighted by atomic mass is 32.1. The summed E-state index contributed by atoms with van der Waals surface area (Å²) in [5.41, 5.74) is 0. The number of nitrogens with one attached hydrogen (secondary N) is 1. The first kappa shape index (κ1) is 9.86. The third-order valence-electron chi connectivity index (χ3n) is 2.65. The largest absolute Gasteiger partial charge is 0.374 e. The molecule has 4 nitrogen and oxygen atoms in total. The van der Waals surface area contributed by atoms with Crippen molar-refractivity contribution in [3.8, 4) is 0 Å². The molecule has 0 aromatic carbocycles. The van der Waals surface area contributed by atoms with E-state index >= 15 is 0 Å². The van der Waals surface area contributed by atoms with Crippen LogP contribution in [0.1, 0.15) is 12.8 Å². The first-order valence-electron chi connectivity index (χ1n) is 5.04. The van der Waals surface area contributed by atoms with Crippen LogP contribution in [0, 0.1) is 5.92 Å². The molecule has 2 rings (SSSR count). The lowest BCUT2D eigenvalue weighted by atomic mass is 9.99. The van der Waals surface area contributed by atoms with Crippen LogP contribution in [0.15, 0.2) is 6.20 Å². The first-order chi connectivity index (χ1) is 6.84. The average molecular weight is 212 g/mol. The summed E-state index contributed by atoms with van der Waals surface area (Å²) in [5.74, 6) is 0.774. The predicted molar refractivity (Wildman–Crippen MR) is 58.6 cm³/mol. The Bertz CT molecular complexity index is 262. The fourth-order valence-corrected chi connectivity index (χ4v) is 2.35. The van der Waals surface area contributed by atoms with Gasteiger partial charge in [-0.2, -0.15) is 0 Å². The van der Waals surface area contributed by atoms with E-state index in [9.17, 15) is 0 Å². The van der Waals surface area contributed by atoms with Crippen LogP contribution in [-0.4, -0.2) is 41.2 Å². The lowest BCUT2D eigenvalue weighted by Crippen LogP contribution is -2.35. The van der Waals surface area contributed by atoms with Gasteiger partial charge in [0.15, 0.2) is 0 Å². The van der Waals surface area contributed by atoms with Gasteiger partial charge in [0, 0.05) is 24.6 Å². The molecule has 2 heterocycles. The molecular weight excluding hydrogens is 196 g/mol. The van der Waals surface area contributed by atoms with E-state index in [1.54, 1.807) is 6.20 Å². The molecule has 0 radical (unpaired) electrons. The molecule has 0 bridgehead atoms. The minimum absolute atomic E-state index is 0.774. The molecule has 1 aromatic rings. The fourth-order valence-electron chi connectivity index (χ4n) is 1.93. The zero-order valence-electron chi connectivity index (χ0n) is 8.44. The van der Waals surface area contributed by atoms with Gasteiger partial charge in [-0.05, 0) is 32.4 Å². The van der Waals surface area contributed by atoms with Gasteiger partial charge in [0.1, 0.15) is 5.00 Å². The molecule has 0 aliphatic carbocycles. The maximum absolute atomic E-state index is 3.82. The summed E-state index contributed by atoms with van der Waals surface area (Å²) in [6.07, 6.45) is 4.45. The Labute approximate surface area is 88.5 Å². The summed E-state index contributed by atoms with van der Waals surface area (Å²) >= 11 is 1.43. The fraction of sp³-hybridized carbons (Fsp3) is 0.778. The van der Waals surface area contributed by atoms with Gasteiger partial charge in [-0.25, -0.2) is 0 Å². The first-order valence-corrected chi connectivity index (χ1v) is 5.81. The van der Waals surface area contributed by atoms with Crippen LogP contribution >= 0.6 is 11.5 Å². The molecule has 1 N–H and O–H groups in total. The van der Waals surface area contributed by atoms with Gasteiger partial charge in [-0.15, -0.1) is 5.10 Å². The van der Waals surface area contributed by atoms with Crippen molar-refractivity contribution >= 4 is 16.5 Å². The van der Waals surface area contributed by atoms with Crippen LogP contribution < -0.4 is 5.32 Å². The monoisotopic (exact) mass is 212 g/mol. The quantitative estimate of drug-likeness (QED) is 0.820. The second kappa shape index (κ2) is 4.70. The number of hydrogen-bond donors (Lipinski definition) is 1. The molecule has 1 fully saturated rings. The van der Waals surface area contributed by atoms with Gasteiger partial charge in [-0.3, -0.25) is 0 Å². The van der Waals surface area contributed by atoms with Gasteiger partial charge in [0.2, 0.25) is 0 Å². The smallest absolute Gasteiger partial charge is 0.130 e. The van der Waals surface area contributed by atoms with E-state index in [1.165, 1.54) is 37.5 Å². The Morgan fingerprint density at radius 1 is 1.71 bits per heavy atom. The van der Waals surface area contributed by atoms with Crippen LogP contribution in [0.25, 0.3) is 0 Å². The number of aromatic nitrogens is 2. The second-order valence-electron chi connectivity index (χ2n) is 3.93. The van der Waals surface area contributed by atoms with E-state index in [2.05, 4.69) is 26.9 Å². The van der Waals surface area contributed by atoms with E-state index in [-0.39, 0.29) is 0 Å². The summed E-state index contributed by atoms with van der Waals surface area (Å²) in [6.45, 7) is 3.51. The second-order valence-corrected chi connectivity index (χ2v) is 4.72. The van der Waals surface area contributed by atoms with E-state index in [1.807, 2.05) is 0 Å². The third-order valence-corrected chi connectivity index (χ3v) is 3.27. The number of nitrogens with zero attached hydrogens (tertiary/aromatic N) is 3. The van der Waals surface area contributed by atoms with E-state index in [0.717, 1.165) is 17.5 Å². The van der Waals surface area contributed by atoms with Gasteiger partial charge in [0.25, 0.3) is 0 Å². The Balaban J connectivity index is 1.75. The number of likely N-dealkylation sites (tertiary alicyclic amines) is 1. The highest BCUT2D eigenvalue weighted by Crippen LogP contribution is 2.17. The van der Waals surface area contributed by atoms with Crippen LogP contribution in [0.5, 0.6) is 0 Å². The van der Waals surface area contributed by atoms with Crippen LogP contribution in [0.2, 0.25) is 0 Å². The van der Waals surface area contributed by atoms with Crippen molar-refractivity contribution in [1.82, 2.24) is 14.5 Å². The van der Waals surface area contributed by atoms with Gasteiger partial charge >= 0.3 is 0 Å². The topological polar surface area (TPSA) is 41.0 Å². The molecule has 1 saturated heterocycles. The van der Waals surface area contributed by atoms with Crippen LogP contribution in [-0.2, 0) is 0 Å². The Kier molecular flexibility index (Phi) is 3.31. The van der Waals surface area contributed by atoms with Gasteiger partial charge < -0.3 is 10.2 Å². The van der Waals surface area contributed by atoms with Crippen molar-refractivity contribution in [2.24, 2.45) is 5.92 Å². The summed E-state index contributed by atoms with van der Waals surface area (Å²) in [7, 11) is 2.19. The Morgan fingerprint density at radius 3 is 3.36 bits per heavy atom. The standard InChI is InChI=1S/C9H16N4S/c1-13-4-2-3-8(7-13)5-10-9-6-11-12-14-9/h6,8,10H,2-5,7H2,1H3. The summed E-state index contributed by atoms with van der Waals surface area (Å²) in [5, 5.41) is 8.26. The molecule has 1 aromatic heterocycles. The molecule has 0 spiro atoms. The molecule has 0 amide bonds. The molecule has 14 heavy (non-hydrogen) atoms. The maximum Gasteiger partial charge on any atom is 0.130 e. The highest BCUT2D eigenvalue weighted by molar-refractivity contribution is 7.09. The molecule has 5 heteroatoms. The van der Waals surface area contributed by atoms with Crippen molar-refractivity contribution in [3.63, 3.8) is 0 Å². The Morgan fingerprint density at radius 2 is 2.64 bits per heavy atom. The van der Waals surface area contributed by atoms with Crippen molar-refractivity contribution < 1.29 is 0 Å². The zero-order chi connectivity index (χ0) is 9.80. The maximum atomic E-state index is 3.82. The molecule has 1 unspecified atom stereocenters. The van der Waals surface area contributed by atoms with Gasteiger partial charge in [-0.1, -0.05) is 4.49 Å². The molecule has 1 atom stereocenters. The van der Waals surface area contributed by atoms with E-state index < -0.39 is 0 Å². The van der Waals surface area contributed by atoms with Crippen molar-refractivity contribution in [1.29, 1.82) is 0 Å². The minimum atomic E-state index is 0.774. The number of piperidine rings is 1. The van der Waals surface area contributed by atoms with Crippen molar-refractivity contribution in [2.45, 2.75) is 12.8 Å². The van der Waals surface area contributed by atoms with E-state index in [4.69, 9.17) is 0 Å². The SMILES string of the molecule is CN1CCCC(CNc2cnns2)C1. The van der Waals surface area contributed by atoms with Crippen molar-refractivity contribution in [2.75, 3.05) is 32.0 Å². The highest BCUT2D eigenvalue weighted by Gasteiger charge is 2.16. The molecule has 1 aliphatic heterocycles. The summed E-state index contributed by atoms with van der Waals surface area (Å²) < 4.78 is 3.82. The average Bonchev–Trinajstić information content (AvgIpc) is 2.67. The number of rotatable bonds is 3. The van der Waals surface area contributed by atoms with Crippen molar-refractivity contribution in [3.05, 3.63) is 6.20 Å². The minimum Gasteiger partial charge on any atom is -0.374 e. The molecule has 1 aliphatic rings. The zero-order valence-corrected chi connectivity index (χ0v) is 9.26. The molecule has 78 valence electrons. The number of anilines is 1. The van der Waals surface area contributed by atoms with Crippen LogP contribution in [0.4, 0.5) is 5.00 Å². The third kappa shape index (κ3) is 2.65.